The van der Waals surface area contributed by atoms with Crippen molar-refractivity contribution in [1.29, 1.82) is 0 Å². The van der Waals surface area contributed by atoms with Crippen LogP contribution in [-0.4, -0.2) is 11.2 Å². The van der Waals surface area contributed by atoms with Crippen molar-refractivity contribution in [2.75, 3.05) is 0 Å². The van der Waals surface area contributed by atoms with Gasteiger partial charge in [-0.3, -0.25) is 0 Å². The molecule has 16 heavy (non-hydrogen) atoms. The fourth-order valence-electron chi connectivity index (χ4n) is 1.78. The average Bonchev–Trinajstić information content (AvgIpc) is 2.35. The Morgan fingerprint density at radius 1 is 1.12 bits per heavy atom. The highest BCUT2D eigenvalue weighted by molar-refractivity contribution is 5.82. The number of terminal acetylenes is 1. The summed E-state index contributed by atoms with van der Waals surface area (Å²) in [4.78, 5) is 0. The molecule has 1 N–H and O–H groups in total. The van der Waals surface area contributed by atoms with Crippen LogP contribution in [0.15, 0.2) is 42.5 Å². The Balaban J connectivity index is 2.17. The zero-order valence-corrected chi connectivity index (χ0v) is 9.06. The molecule has 0 bridgehead atoms. The van der Waals surface area contributed by atoms with Gasteiger partial charge in [-0.15, -0.1) is 6.42 Å². The standard InChI is InChI=1S/C15H14O/c1-2-15(16)10-8-12-7-9-13-5-3-4-6-14(13)11-12/h1,3-7,9,11,15-16H,8,10H2/t15-/m0/s1. The second-order valence-corrected chi connectivity index (χ2v) is 3.90. The fraction of sp³-hybridized carbons (Fsp3) is 0.200. The number of hydrogen-bond acceptors (Lipinski definition) is 1. The normalized spacial score (nSPS) is 12.2. The van der Waals surface area contributed by atoms with Gasteiger partial charge in [-0.05, 0) is 29.2 Å². The SMILES string of the molecule is C#C[C@H](O)CCc1ccc2ccccc2c1. The molecule has 0 aliphatic heterocycles. The molecule has 80 valence electrons. The van der Waals surface area contributed by atoms with E-state index >= 15 is 0 Å². The summed E-state index contributed by atoms with van der Waals surface area (Å²) in [5, 5.41) is 11.8. The summed E-state index contributed by atoms with van der Waals surface area (Å²) >= 11 is 0. The lowest BCUT2D eigenvalue weighted by atomic mass is 10.0. The molecule has 0 heterocycles. The molecule has 2 aromatic carbocycles. The first kappa shape index (κ1) is 10.7. The second kappa shape index (κ2) is 4.83. The fourth-order valence-corrected chi connectivity index (χ4v) is 1.78. The van der Waals surface area contributed by atoms with Gasteiger partial charge < -0.3 is 5.11 Å². The van der Waals surface area contributed by atoms with E-state index in [0.29, 0.717) is 6.42 Å². The van der Waals surface area contributed by atoms with Crippen LogP contribution >= 0.6 is 0 Å². The molecule has 2 rings (SSSR count). The van der Waals surface area contributed by atoms with Crippen LogP contribution < -0.4 is 0 Å². The van der Waals surface area contributed by atoms with E-state index in [1.807, 2.05) is 12.1 Å². The zero-order valence-electron chi connectivity index (χ0n) is 9.06. The number of rotatable bonds is 3. The minimum atomic E-state index is -0.633. The van der Waals surface area contributed by atoms with Crippen LogP contribution in [0.1, 0.15) is 12.0 Å². The Bertz CT molecular complexity index is 522. The predicted octanol–water partition coefficient (Wildman–Crippen LogP) is 2.77. The van der Waals surface area contributed by atoms with Crippen LogP contribution in [0, 0.1) is 12.3 Å². The number of benzene rings is 2. The van der Waals surface area contributed by atoms with E-state index in [4.69, 9.17) is 6.42 Å². The molecular weight excluding hydrogens is 196 g/mol. The quantitative estimate of drug-likeness (QED) is 0.772. The number of aliphatic hydroxyl groups is 1. The number of fused-ring (bicyclic) bond motifs is 1. The molecule has 0 aliphatic rings. The highest BCUT2D eigenvalue weighted by Gasteiger charge is 2.01. The van der Waals surface area contributed by atoms with Gasteiger partial charge in [-0.2, -0.15) is 0 Å². The molecule has 2 aromatic rings. The van der Waals surface area contributed by atoms with Gasteiger partial charge >= 0.3 is 0 Å². The molecule has 0 saturated carbocycles. The molecule has 1 nitrogen and oxygen atoms in total. The predicted molar refractivity (Wildman–Crippen MR) is 67.1 cm³/mol. The maximum Gasteiger partial charge on any atom is 0.114 e. The van der Waals surface area contributed by atoms with E-state index in [2.05, 4.69) is 36.3 Å². The van der Waals surface area contributed by atoms with Gasteiger partial charge in [0.25, 0.3) is 0 Å². The van der Waals surface area contributed by atoms with Gasteiger partial charge in [0.2, 0.25) is 0 Å². The van der Waals surface area contributed by atoms with Crippen molar-refractivity contribution in [3.05, 3.63) is 48.0 Å². The third-order valence-corrected chi connectivity index (χ3v) is 2.71. The lowest BCUT2D eigenvalue weighted by Gasteiger charge is -2.05. The Kier molecular flexibility index (Phi) is 3.24. The largest absolute Gasteiger partial charge is 0.380 e. The van der Waals surface area contributed by atoms with Crippen LogP contribution in [0.4, 0.5) is 0 Å². The molecule has 0 amide bonds. The molecule has 0 spiro atoms. The first-order valence-electron chi connectivity index (χ1n) is 5.41. The Hall–Kier alpha value is -1.78. The minimum absolute atomic E-state index is 0.620. The molecule has 0 saturated heterocycles. The molecule has 1 heteroatoms. The topological polar surface area (TPSA) is 20.2 Å². The third-order valence-electron chi connectivity index (χ3n) is 2.71. The van der Waals surface area contributed by atoms with E-state index in [-0.39, 0.29) is 0 Å². The Morgan fingerprint density at radius 2 is 1.88 bits per heavy atom. The third kappa shape index (κ3) is 2.42. The van der Waals surface area contributed by atoms with Gasteiger partial charge in [0, 0.05) is 0 Å². The summed E-state index contributed by atoms with van der Waals surface area (Å²) in [5.41, 5.74) is 1.22. The average molecular weight is 210 g/mol. The minimum Gasteiger partial charge on any atom is -0.380 e. The van der Waals surface area contributed by atoms with Crippen LogP contribution in [0.5, 0.6) is 0 Å². The van der Waals surface area contributed by atoms with Crippen LogP contribution in [0.2, 0.25) is 0 Å². The maximum absolute atomic E-state index is 9.30. The lowest BCUT2D eigenvalue weighted by Crippen LogP contribution is -2.03. The van der Waals surface area contributed by atoms with E-state index in [0.717, 1.165) is 6.42 Å². The van der Waals surface area contributed by atoms with Crippen LogP contribution in [-0.2, 0) is 6.42 Å². The van der Waals surface area contributed by atoms with Crippen molar-refractivity contribution >= 4 is 10.8 Å². The van der Waals surface area contributed by atoms with E-state index in [1.165, 1.54) is 16.3 Å². The molecule has 0 radical (unpaired) electrons. The lowest BCUT2D eigenvalue weighted by molar-refractivity contribution is 0.222. The molecule has 0 fully saturated rings. The summed E-state index contributed by atoms with van der Waals surface area (Å²) in [6.45, 7) is 0. The molecule has 0 unspecified atom stereocenters. The Labute approximate surface area is 95.7 Å². The smallest absolute Gasteiger partial charge is 0.114 e. The first-order chi connectivity index (χ1) is 7.79. The molecule has 0 aliphatic carbocycles. The summed E-state index contributed by atoms with van der Waals surface area (Å²) < 4.78 is 0. The summed E-state index contributed by atoms with van der Waals surface area (Å²) in [5.74, 6) is 2.33. The van der Waals surface area contributed by atoms with E-state index in [1.54, 1.807) is 0 Å². The zero-order chi connectivity index (χ0) is 11.4. The molecule has 0 aromatic heterocycles. The monoisotopic (exact) mass is 210 g/mol. The van der Waals surface area contributed by atoms with Crippen molar-refractivity contribution in [2.45, 2.75) is 18.9 Å². The highest BCUT2D eigenvalue weighted by atomic mass is 16.3. The van der Waals surface area contributed by atoms with Crippen molar-refractivity contribution in [3.63, 3.8) is 0 Å². The van der Waals surface area contributed by atoms with Crippen molar-refractivity contribution in [2.24, 2.45) is 0 Å². The van der Waals surface area contributed by atoms with Gasteiger partial charge in [0.05, 0.1) is 0 Å². The van der Waals surface area contributed by atoms with Crippen LogP contribution in [0.3, 0.4) is 0 Å². The summed E-state index contributed by atoms with van der Waals surface area (Å²) in [7, 11) is 0. The Morgan fingerprint density at radius 3 is 2.62 bits per heavy atom. The van der Waals surface area contributed by atoms with Crippen molar-refractivity contribution in [1.82, 2.24) is 0 Å². The van der Waals surface area contributed by atoms with Gasteiger partial charge in [0.1, 0.15) is 6.10 Å². The van der Waals surface area contributed by atoms with Gasteiger partial charge in [-0.1, -0.05) is 48.4 Å². The van der Waals surface area contributed by atoms with Gasteiger partial charge in [0.15, 0.2) is 0 Å². The molecular formula is C15H14O. The highest BCUT2D eigenvalue weighted by Crippen LogP contribution is 2.16. The molecule has 1 atom stereocenters. The number of aryl methyl sites for hydroxylation is 1. The maximum atomic E-state index is 9.30. The van der Waals surface area contributed by atoms with Crippen molar-refractivity contribution < 1.29 is 5.11 Å². The van der Waals surface area contributed by atoms with Crippen molar-refractivity contribution in [3.8, 4) is 12.3 Å². The van der Waals surface area contributed by atoms with E-state index < -0.39 is 6.10 Å². The number of hydrogen-bond donors (Lipinski definition) is 1. The van der Waals surface area contributed by atoms with Crippen LogP contribution in [0.25, 0.3) is 10.8 Å². The summed E-state index contributed by atoms with van der Waals surface area (Å²) in [6.07, 6.45) is 5.93. The first-order valence-corrected chi connectivity index (χ1v) is 5.41. The second-order valence-electron chi connectivity index (χ2n) is 3.90. The number of aliphatic hydroxyl groups excluding tert-OH is 1. The van der Waals surface area contributed by atoms with E-state index in [9.17, 15) is 5.11 Å². The van der Waals surface area contributed by atoms with Gasteiger partial charge in [-0.25, -0.2) is 0 Å². The summed E-state index contributed by atoms with van der Waals surface area (Å²) in [6, 6.07) is 14.6.